The van der Waals surface area contributed by atoms with Gasteiger partial charge in [0.1, 0.15) is 5.60 Å². The third kappa shape index (κ3) is 5.83. The van der Waals surface area contributed by atoms with Crippen LogP contribution < -0.4 is 5.32 Å². The minimum absolute atomic E-state index is 0.165. The molecule has 124 valence electrons. The number of nitrogens with zero attached hydrogens (tertiary/aromatic N) is 1. The van der Waals surface area contributed by atoms with E-state index in [-0.39, 0.29) is 12.1 Å². The van der Waals surface area contributed by atoms with Crippen molar-refractivity contribution in [1.82, 2.24) is 10.2 Å². The maximum atomic E-state index is 12.2. The van der Waals surface area contributed by atoms with E-state index in [0.29, 0.717) is 13.1 Å². The molecule has 1 fully saturated rings. The second kappa shape index (κ2) is 7.45. The van der Waals surface area contributed by atoms with E-state index in [1.165, 1.54) is 0 Å². The molecule has 21 heavy (non-hydrogen) atoms. The van der Waals surface area contributed by atoms with Crippen molar-refractivity contribution in [2.24, 2.45) is 0 Å². The molecule has 1 aliphatic rings. The number of hydrogen-bond donors (Lipinski definition) is 2. The molecule has 0 aromatic rings. The second-order valence-corrected chi connectivity index (χ2v) is 7.03. The highest BCUT2D eigenvalue weighted by Crippen LogP contribution is 2.21. The highest BCUT2D eigenvalue weighted by atomic mass is 16.6. The van der Waals surface area contributed by atoms with Gasteiger partial charge in [-0.1, -0.05) is 13.8 Å². The lowest BCUT2D eigenvalue weighted by Crippen LogP contribution is -2.47. The second-order valence-electron chi connectivity index (χ2n) is 7.03. The molecule has 2 N–H and O–H groups in total. The zero-order valence-electron chi connectivity index (χ0n) is 14.2. The molecule has 1 aliphatic heterocycles. The maximum absolute atomic E-state index is 12.2. The normalized spacial score (nSPS) is 19.9. The molecule has 1 amide bonds. The minimum atomic E-state index is -0.643. The van der Waals surface area contributed by atoms with E-state index in [1.807, 2.05) is 39.5 Å². The van der Waals surface area contributed by atoms with Crippen molar-refractivity contribution in [3.63, 3.8) is 0 Å². The van der Waals surface area contributed by atoms with Crippen LogP contribution in [0.25, 0.3) is 0 Å². The van der Waals surface area contributed by atoms with Crippen molar-refractivity contribution >= 4 is 6.09 Å². The van der Waals surface area contributed by atoms with Crippen molar-refractivity contribution < 1.29 is 14.6 Å². The van der Waals surface area contributed by atoms with Crippen LogP contribution in [0.1, 0.15) is 60.3 Å². The Morgan fingerprint density at radius 1 is 1.33 bits per heavy atom. The third-order valence-corrected chi connectivity index (χ3v) is 4.16. The monoisotopic (exact) mass is 300 g/mol. The number of rotatable bonds is 6. The lowest BCUT2D eigenvalue weighted by atomic mass is 9.97. The Bertz CT molecular complexity index is 335. The number of carbonyl (C=O) groups excluding carboxylic acids is 1. The highest BCUT2D eigenvalue weighted by molar-refractivity contribution is 5.69. The van der Waals surface area contributed by atoms with Gasteiger partial charge in [0.2, 0.25) is 0 Å². The molecule has 1 saturated heterocycles. The summed E-state index contributed by atoms with van der Waals surface area (Å²) in [5.41, 5.74) is -1.10. The van der Waals surface area contributed by atoms with Gasteiger partial charge in [-0.3, -0.25) is 0 Å². The summed E-state index contributed by atoms with van der Waals surface area (Å²) < 4.78 is 5.45. The summed E-state index contributed by atoms with van der Waals surface area (Å²) in [6, 6.07) is 0.165. The molecule has 0 saturated carbocycles. The first kappa shape index (κ1) is 18.2. The third-order valence-electron chi connectivity index (χ3n) is 4.16. The van der Waals surface area contributed by atoms with Crippen LogP contribution in [-0.2, 0) is 4.74 Å². The van der Waals surface area contributed by atoms with Crippen LogP contribution >= 0.6 is 0 Å². The van der Waals surface area contributed by atoms with Crippen molar-refractivity contribution in [3.05, 3.63) is 0 Å². The summed E-state index contributed by atoms with van der Waals surface area (Å²) in [6.45, 7) is 11.7. The largest absolute Gasteiger partial charge is 0.444 e. The number of likely N-dealkylation sites (tertiary alicyclic amines) is 1. The van der Waals surface area contributed by atoms with Gasteiger partial charge in [0.15, 0.2) is 0 Å². The predicted molar refractivity (Wildman–Crippen MR) is 84.4 cm³/mol. The standard InChI is InChI=1S/C16H32N2O3/c1-6-16(20,7-2)12-17-11-13-9-8-10-18(13)14(19)21-15(3,4)5/h13,17,20H,6-12H2,1-5H3. The summed E-state index contributed by atoms with van der Waals surface area (Å²) in [5.74, 6) is 0. The Balaban J connectivity index is 2.45. The van der Waals surface area contributed by atoms with Crippen LogP contribution in [0.5, 0.6) is 0 Å². The molecular formula is C16H32N2O3. The van der Waals surface area contributed by atoms with Gasteiger partial charge in [0.25, 0.3) is 0 Å². The van der Waals surface area contributed by atoms with Gasteiger partial charge >= 0.3 is 6.09 Å². The van der Waals surface area contributed by atoms with Crippen LogP contribution in [0.3, 0.4) is 0 Å². The van der Waals surface area contributed by atoms with Gasteiger partial charge < -0.3 is 20.1 Å². The molecule has 0 spiro atoms. The Hall–Kier alpha value is -0.810. The molecule has 0 aromatic carbocycles. The topological polar surface area (TPSA) is 61.8 Å². The van der Waals surface area contributed by atoms with Crippen LogP contribution in [0.2, 0.25) is 0 Å². The number of aliphatic hydroxyl groups is 1. The molecule has 0 radical (unpaired) electrons. The fraction of sp³-hybridized carbons (Fsp3) is 0.938. The Morgan fingerprint density at radius 3 is 2.48 bits per heavy atom. The number of hydrogen-bond acceptors (Lipinski definition) is 4. The van der Waals surface area contributed by atoms with Gasteiger partial charge in [-0.15, -0.1) is 0 Å². The number of carbonyl (C=O) groups is 1. The molecule has 5 heteroatoms. The van der Waals surface area contributed by atoms with Crippen LogP contribution in [0.4, 0.5) is 4.79 Å². The lowest BCUT2D eigenvalue weighted by Gasteiger charge is -2.30. The first-order chi connectivity index (χ1) is 9.71. The molecule has 1 unspecified atom stereocenters. The zero-order chi connectivity index (χ0) is 16.1. The Morgan fingerprint density at radius 2 is 1.95 bits per heavy atom. The fourth-order valence-electron chi connectivity index (χ4n) is 2.58. The van der Waals surface area contributed by atoms with E-state index in [1.54, 1.807) is 0 Å². The average Bonchev–Trinajstić information content (AvgIpc) is 2.85. The first-order valence-corrected chi connectivity index (χ1v) is 8.13. The smallest absolute Gasteiger partial charge is 0.410 e. The van der Waals surface area contributed by atoms with Crippen molar-refractivity contribution in [2.75, 3.05) is 19.6 Å². The van der Waals surface area contributed by atoms with Gasteiger partial charge in [0, 0.05) is 25.7 Å². The zero-order valence-corrected chi connectivity index (χ0v) is 14.2. The molecule has 0 aromatic heterocycles. The van der Waals surface area contributed by atoms with Crippen LogP contribution in [0.15, 0.2) is 0 Å². The summed E-state index contributed by atoms with van der Waals surface area (Å²) >= 11 is 0. The lowest BCUT2D eigenvalue weighted by molar-refractivity contribution is 0.0194. The number of ether oxygens (including phenoxy) is 1. The Labute approximate surface area is 129 Å². The fourth-order valence-corrected chi connectivity index (χ4v) is 2.58. The summed E-state index contributed by atoms with van der Waals surface area (Å²) in [7, 11) is 0. The minimum Gasteiger partial charge on any atom is -0.444 e. The van der Waals surface area contributed by atoms with E-state index in [9.17, 15) is 9.90 Å². The molecule has 0 bridgehead atoms. The maximum Gasteiger partial charge on any atom is 0.410 e. The quantitative estimate of drug-likeness (QED) is 0.791. The van der Waals surface area contributed by atoms with Gasteiger partial charge in [-0.05, 0) is 46.5 Å². The summed E-state index contributed by atoms with van der Waals surface area (Å²) in [4.78, 5) is 14.0. The number of nitrogens with one attached hydrogen (secondary N) is 1. The van der Waals surface area contributed by atoms with E-state index >= 15 is 0 Å². The molecule has 1 heterocycles. The molecule has 5 nitrogen and oxygen atoms in total. The SMILES string of the molecule is CCC(O)(CC)CNCC1CCCN1C(=O)OC(C)(C)C. The average molecular weight is 300 g/mol. The Kier molecular flexibility index (Phi) is 6.47. The molecule has 0 aliphatic carbocycles. The highest BCUT2D eigenvalue weighted by Gasteiger charge is 2.32. The molecule has 1 rings (SSSR count). The van der Waals surface area contributed by atoms with Crippen molar-refractivity contribution in [2.45, 2.75) is 77.5 Å². The summed E-state index contributed by atoms with van der Waals surface area (Å²) in [5, 5.41) is 13.6. The first-order valence-electron chi connectivity index (χ1n) is 8.13. The van der Waals surface area contributed by atoms with Crippen LogP contribution in [0, 0.1) is 0 Å². The summed E-state index contributed by atoms with van der Waals surface area (Å²) in [6.07, 6.45) is 3.24. The predicted octanol–water partition coefficient (Wildman–Crippen LogP) is 2.53. The van der Waals surface area contributed by atoms with Gasteiger partial charge in [-0.25, -0.2) is 4.79 Å². The van der Waals surface area contributed by atoms with Gasteiger partial charge in [-0.2, -0.15) is 0 Å². The van der Waals surface area contributed by atoms with E-state index in [4.69, 9.17) is 4.74 Å². The van der Waals surface area contributed by atoms with Crippen molar-refractivity contribution in [3.8, 4) is 0 Å². The number of amides is 1. The van der Waals surface area contributed by atoms with E-state index < -0.39 is 11.2 Å². The van der Waals surface area contributed by atoms with Crippen LogP contribution in [-0.4, -0.2) is 53.0 Å². The van der Waals surface area contributed by atoms with E-state index in [0.717, 1.165) is 32.2 Å². The van der Waals surface area contributed by atoms with Crippen molar-refractivity contribution in [1.29, 1.82) is 0 Å². The van der Waals surface area contributed by atoms with Gasteiger partial charge in [0.05, 0.1) is 5.60 Å². The molecular weight excluding hydrogens is 268 g/mol. The molecule has 1 atom stereocenters. The van der Waals surface area contributed by atoms with E-state index in [2.05, 4.69) is 5.32 Å².